The van der Waals surface area contributed by atoms with Crippen molar-refractivity contribution in [3.8, 4) is 11.5 Å². The monoisotopic (exact) mass is 415 g/mol. The summed E-state index contributed by atoms with van der Waals surface area (Å²) in [4.78, 5) is 23.9. The Morgan fingerprint density at radius 3 is 2.72 bits per heavy atom. The van der Waals surface area contributed by atoms with Crippen molar-refractivity contribution in [1.82, 2.24) is 5.43 Å². The molecule has 0 aliphatic rings. The van der Waals surface area contributed by atoms with Gasteiger partial charge in [0.05, 0.1) is 23.5 Å². The number of rotatable bonds is 9. The molecule has 7 nitrogen and oxygen atoms in total. The van der Waals surface area contributed by atoms with Crippen molar-refractivity contribution in [2.75, 3.05) is 11.9 Å². The van der Waals surface area contributed by atoms with Crippen LogP contribution in [0, 0.1) is 0 Å². The smallest absolute Gasteiger partial charge is 0.249 e. The van der Waals surface area contributed by atoms with Crippen LogP contribution in [0.15, 0.2) is 54.2 Å². The van der Waals surface area contributed by atoms with Gasteiger partial charge in [-0.15, -0.1) is 6.58 Å². The Labute approximate surface area is 174 Å². The second-order valence-corrected chi connectivity index (χ2v) is 6.36. The highest BCUT2D eigenvalue weighted by molar-refractivity contribution is 6.33. The predicted octanol–water partition coefficient (Wildman–Crippen LogP) is 3.65. The number of nitrogens with zero attached hydrogens (tertiary/aromatic N) is 1. The molecule has 2 rings (SSSR count). The molecule has 8 heteroatoms. The largest absolute Gasteiger partial charge is 0.504 e. The number of benzene rings is 2. The van der Waals surface area contributed by atoms with Crippen LogP contribution in [0.25, 0.3) is 0 Å². The van der Waals surface area contributed by atoms with Gasteiger partial charge in [-0.1, -0.05) is 29.8 Å². The van der Waals surface area contributed by atoms with Gasteiger partial charge in [-0.25, -0.2) is 5.43 Å². The molecule has 3 N–H and O–H groups in total. The molecule has 29 heavy (non-hydrogen) atoms. The summed E-state index contributed by atoms with van der Waals surface area (Å²) in [5.74, 6) is -0.730. The normalized spacial score (nSPS) is 10.6. The Kier molecular flexibility index (Phi) is 8.24. The van der Waals surface area contributed by atoms with Gasteiger partial charge < -0.3 is 15.2 Å². The predicted molar refractivity (Wildman–Crippen MR) is 114 cm³/mol. The van der Waals surface area contributed by atoms with E-state index in [1.165, 1.54) is 6.21 Å². The number of nitrogens with one attached hydrogen (secondary N) is 2. The van der Waals surface area contributed by atoms with Crippen molar-refractivity contribution < 1.29 is 19.4 Å². The molecule has 0 saturated heterocycles. The molecule has 0 aromatic heterocycles. The topological polar surface area (TPSA) is 100 Å². The Bertz CT molecular complexity index is 928. The number of anilines is 1. The molecule has 0 atom stereocenters. The third kappa shape index (κ3) is 6.65. The molecular weight excluding hydrogens is 394 g/mol. The Balaban J connectivity index is 1.97. The van der Waals surface area contributed by atoms with Crippen LogP contribution >= 0.6 is 11.6 Å². The Morgan fingerprint density at radius 1 is 1.28 bits per heavy atom. The summed E-state index contributed by atoms with van der Waals surface area (Å²) in [5, 5.41) is 17.0. The van der Waals surface area contributed by atoms with E-state index < -0.39 is 18.2 Å². The highest BCUT2D eigenvalue weighted by Gasteiger charge is 2.11. The average molecular weight is 416 g/mol. The highest BCUT2D eigenvalue weighted by Crippen LogP contribution is 2.31. The fourth-order valence-electron chi connectivity index (χ4n) is 2.46. The lowest BCUT2D eigenvalue weighted by Gasteiger charge is -2.10. The number of aromatic hydroxyl groups is 1. The van der Waals surface area contributed by atoms with Crippen molar-refractivity contribution in [1.29, 1.82) is 0 Å². The maximum atomic E-state index is 11.9. The standard InChI is InChI=1S/C21H22ClN3O4/c1-3-7-15-10-14(11-18(21(15)28)29-4-2)13-23-25-20(27)12-19(26)24-17-9-6-5-8-16(17)22/h3,5-6,8-11,13,28H,1,4,7,12H2,2H3,(H,24,26)(H,25,27). The maximum absolute atomic E-state index is 11.9. The van der Waals surface area contributed by atoms with E-state index >= 15 is 0 Å². The van der Waals surface area contributed by atoms with E-state index in [9.17, 15) is 14.7 Å². The van der Waals surface area contributed by atoms with Gasteiger partial charge >= 0.3 is 0 Å². The van der Waals surface area contributed by atoms with Gasteiger partial charge in [0.15, 0.2) is 11.5 Å². The molecule has 0 heterocycles. The Morgan fingerprint density at radius 2 is 2.03 bits per heavy atom. The van der Waals surface area contributed by atoms with E-state index in [4.69, 9.17) is 16.3 Å². The van der Waals surface area contributed by atoms with Crippen LogP contribution in [0.4, 0.5) is 5.69 Å². The third-order valence-corrected chi connectivity index (χ3v) is 4.04. The first-order valence-electron chi connectivity index (χ1n) is 8.90. The van der Waals surface area contributed by atoms with E-state index in [1.807, 2.05) is 0 Å². The number of phenolic OH excluding ortho intramolecular Hbond substituents is 1. The molecular formula is C21H22ClN3O4. The van der Waals surface area contributed by atoms with Crippen LogP contribution in [0.3, 0.4) is 0 Å². The zero-order chi connectivity index (χ0) is 21.2. The first-order chi connectivity index (χ1) is 13.9. The quantitative estimate of drug-likeness (QED) is 0.252. The van der Waals surface area contributed by atoms with Crippen LogP contribution < -0.4 is 15.5 Å². The third-order valence-electron chi connectivity index (χ3n) is 3.71. The van der Waals surface area contributed by atoms with Crippen molar-refractivity contribution in [3.63, 3.8) is 0 Å². The summed E-state index contributed by atoms with van der Waals surface area (Å²) < 4.78 is 5.41. The van der Waals surface area contributed by atoms with Crippen molar-refractivity contribution >= 4 is 35.3 Å². The second kappa shape index (κ2) is 10.9. The van der Waals surface area contributed by atoms with E-state index in [0.29, 0.717) is 40.6 Å². The van der Waals surface area contributed by atoms with Crippen molar-refractivity contribution in [2.24, 2.45) is 5.10 Å². The molecule has 0 fully saturated rings. The minimum atomic E-state index is -0.582. The number of hydrogen-bond donors (Lipinski definition) is 3. The fourth-order valence-corrected chi connectivity index (χ4v) is 2.64. The van der Waals surface area contributed by atoms with Crippen LogP contribution in [0.5, 0.6) is 11.5 Å². The average Bonchev–Trinajstić information content (AvgIpc) is 2.67. The number of halogens is 1. The molecule has 2 amide bonds. The first kappa shape index (κ1) is 22.0. The number of hydrazone groups is 1. The van der Waals surface area contributed by atoms with Crippen LogP contribution in [0.2, 0.25) is 5.02 Å². The van der Waals surface area contributed by atoms with Gasteiger partial charge in [0.1, 0.15) is 6.42 Å². The molecule has 0 spiro atoms. The summed E-state index contributed by atoms with van der Waals surface area (Å²) in [6, 6.07) is 10.0. The first-order valence-corrected chi connectivity index (χ1v) is 9.28. The SMILES string of the molecule is C=CCc1cc(C=NNC(=O)CC(=O)Nc2ccccc2Cl)cc(OCC)c1O. The lowest BCUT2D eigenvalue weighted by Crippen LogP contribution is -2.24. The summed E-state index contributed by atoms with van der Waals surface area (Å²) in [7, 11) is 0. The highest BCUT2D eigenvalue weighted by atomic mass is 35.5. The number of allylic oxidation sites excluding steroid dienone is 1. The molecule has 0 aliphatic heterocycles. The van der Waals surface area contributed by atoms with Gasteiger partial charge in [-0.2, -0.15) is 5.10 Å². The maximum Gasteiger partial charge on any atom is 0.249 e. The number of para-hydroxylation sites is 1. The van der Waals surface area contributed by atoms with E-state index in [0.717, 1.165) is 0 Å². The lowest BCUT2D eigenvalue weighted by atomic mass is 10.1. The molecule has 0 radical (unpaired) electrons. The van der Waals surface area contributed by atoms with Crippen molar-refractivity contribution in [3.05, 3.63) is 65.2 Å². The van der Waals surface area contributed by atoms with E-state index in [-0.39, 0.29) is 5.75 Å². The fraction of sp³-hybridized carbons (Fsp3) is 0.190. The summed E-state index contributed by atoms with van der Waals surface area (Å²) in [6.45, 7) is 5.86. The molecule has 0 bridgehead atoms. The molecule has 2 aromatic rings. The number of amides is 2. The Hall–Kier alpha value is -3.32. The van der Waals surface area contributed by atoms with Gasteiger partial charge in [-0.05, 0) is 43.2 Å². The number of carbonyl (C=O) groups excluding carboxylic acids is 2. The zero-order valence-corrected chi connectivity index (χ0v) is 16.7. The number of ether oxygens (including phenoxy) is 1. The molecule has 2 aromatic carbocycles. The van der Waals surface area contributed by atoms with Gasteiger partial charge in [0.2, 0.25) is 11.8 Å². The van der Waals surface area contributed by atoms with E-state index in [1.54, 1.807) is 49.4 Å². The van der Waals surface area contributed by atoms with Crippen molar-refractivity contribution in [2.45, 2.75) is 19.8 Å². The number of carbonyl (C=O) groups is 2. The van der Waals surface area contributed by atoms with Gasteiger partial charge in [-0.3, -0.25) is 9.59 Å². The summed E-state index contributed by atoms with van der Waals surface area (Å²) in [6.07, 6.45) is 3.09. The zero-order valence-electron chi connectivity index (χ0n) is 15.9. The molecule has 0 saturated carbocycles. The van der Waals surface area contributed by atoms with Gasteiger partial charge in [0.25, 0.3) is 0 Å². The molecule has 0 aliphatic carbocycles. The number of phenols is 1. The minimum Gasteiger partial charge on any atom is -0.504 e. The van der Waals surface area contributed by atoms with Gasteiger partial charge in [0, 0.05) is 5.56 Å². The summed E-state index contributed by atoms with van der Waals surface area (Å²) >= 11 is 5.96. The minimum absolute atomic E-state index is 0.0455. The van der Waals surface area contributed by atoms with Crippen LogP contribution in [0.1, 0.15) is 24.5 Å². The van der Waals surface area contributed by atoms with E-state index in [2.05, 4.69) is 22.4 Å². The summed E-state index contributed by atoms with van der Waals surface area (Å²) in [5.41, 5.74) is 3.96. The molecule has 0 unspecified atom stereocenters. The second-order valence-electron chi connectivity index (χ2n) is 5.95. The van der Waals surface area contributed by atoms with Crippen LogP contribution in [-0.2, 0) is 16.0 Å². The molecule has 152 valence electrons. The lowest BCUT2D eigenvalue weighted by molar-refractivity contribution is -0.126. The van der Waals surface area contributed by atoms with Crippen LogP contribution in [-0.4, -0.2) is 29.7 Å². The number of hydrogen-bond acceptors (Lipinski definition) is 5.